The summed E-state index contributed by atoms with van der Waals surface area (Å²) < 4.78 is 52.6. The molecule has 4 aromatic rings. The first kappa shape index (κ1) is 24.6. The molecule has 5 nitrogen and oxygen atoms in total. The van der Waals surface area contributed by atoms with E-state index in [4.69, 9.17) is 20.8 Å². The quantitative estimate of drug-likeness (QED) is 0.294. The molecule has 35 heavy (non-hydrogen) atoms. The van der Waals surface area contributed by atoms with Crippen LogP contribution in [0.15, 0.2) is 75.9 Å². The van der Waals surface area contributed by atoms with E-state index in [9.17, 15) is 23.1 Å². The van der Waals surface area contributed by atoms with Crippen molar-refractivity contribution in [2.75, 3.05) is 6.54 Å². The van der Waals surface area contributed by atoms with Gasteiger partial charge in [0.05, 0.1) is 16.0 Å². The zero-order chi connectivity index (χ0) is 25.2. The van der Waals surface area contributed by atoms with E-state index in [2.05, 4.69) is 0 Å². The fourth-order valence-corrected chi connectivity index (χ4v) is 3.88. The number of phenolic OH excluding ortho intramolecular Hbond substituents is 1. The summed E-state index contributed by atoms with van der Waals surface area (Å²) in [5, 5.41) is 10.4. The monoisotopic (exact) mass is 503 g/mol. The van der Waals surface area contributed by atoms with Gasteiger partial charge in [0.25, 0.3) is 5.76 Å². The molecule has 1 aromatic heterocycles. The highest BCUT2D eigenvalue weighted by Gasteiger charge is 2.41. The van der Waals surface area contributed by atoms with Gasteiger partial charge in [-0.3, -0.25) is 9.69 Å². The molecule has 0 amide bonds. The minimum atomic E-state index is -5.04. The van der Waals surface area contributed by atoms with E-state index in [1.54, 1.807) is 6.07 Å². The number of para-hydroxylation sites is 1. The van der Waals surface area contributed by atoms with Gasteiger partial charge < -0.3 is 14.3 Å². The fourth-order valence-electron chi connectivity index (χ4n) is 3.70. The summed E-state index contributed by atoms with van der Waals surface area (Å²) in [5.74, 6) is -3.02. The second kappa shape index (κ2) is 10.0. The van der Waals surface area contributed by atoms with Gasteiger partial charge in [-0.05, 0) is 36.4 Å². The van der Waals surface area contributed by atoms with Crippen LogP contribution in [0.4, 0.5) is 13.2 Å². The minimum Gasteiger partial charge on any atom is -0.507 e. The van der Waals surface area contributed by atoms with Crippen LogP contribution in [-0.2, 0) is 19.3 Å². The topological polar surface area (TPSA) is 62.9 Å². The lowest BCUT2D eigenvalue weighted by molar-refractivity contribution is -0.154. The Balaban J connectivity index is 1.84. The maximum Gasteiger partial charge on any atom is 0.453 e. The number of hydrogen-bond donors (Lipinski definition) is 1. The first-order chi connectivity index (χ1) is 16.7. The van der Waals surface area contributed by atoms with Gasteiger partial charge in [0.2, 0.25) is 11.2 Å². The van der Waals surface area contributed by atoms with Crippen molar-refractivity contribution in [1.82, 2.24) is 4.90 Å². The number of benzene rings is 3. The molecular weight excluding hydrogens is 483 g/mol. The highest BCUT2D eigenvalue weighted by molar-refractivity contribution is 6.32. The predicted molar refractivity (Wildman–Crippen MR) is 127 cm³/mol. The summed E-state index contributed by atoms with van der Waals surface area (Å²) in [6.07, 6.45) is -5.04. The van der Waals surface area contributed by atoms with E-state index < -0.39 is 23.1 Å². The first-order valence-corrected chi connectivity index (χ1v) is 11.1. The van der Waals surface area contributed by atoms with Crippen LogP contribution in [0.3, 0.4) is 0 Å². The van der Waals surface area contributed by atoms with Crippen molar-refractivity contribution in [1.29, 1.82) is 0 Å². The number of fused-ring (bicyclic) bond motifs is 1. The van der Waals surface area contributed by atoms with Crippen LogP contribution in [0.25, 0.3) is 11.0 Å². The maximum atomic E-state index is 14.0. The molecule has 0 spiro atoms. The molecule has 0 aliphatic rings. The van der Waals surface area contributed by atoms with E-state index in [0.29, 0.717) is 13.1 Å². The van der Waals surface area contributed by atoms with Crippen LogP contribution in [0.1, 0.15) is 23.8 Å². The highest BCUT2D eigenvalue weighted by Crippen LogP contribution is 2.41. The van der Waals surface area contributed by atoms with Gasteiger partial charge in [-0.15, -0.1) is 0 Å². The second-order valence-corrected chi connectivity index (χ2v) is 8.26. The molecule has 182 valence electrons. The van der Waals surface area contributed by atoms with Crippen LogP contribution in [0.2, 0.25) is 5.02 Å². The van der Waals surface area contributed by atoms with Crippen molar-refractivity contribution >= 4 is 22.6 Å². The standard InChI is InChI=1S/C26H21ClF3NO4/c1-2-31(14-16-8-4-3-5-9-16)15-18-20(32)13-12-17-22(33)24(25(26(28,29)30)35-23(17)18)34-21-11-7-6-10-19(21)27/h3-13,32H,2,14-15H2,1H3. The van der Waals surface area contributed by atoms with Crippen LogP contribution in [0, 0.1) is 0 Å². The summed E-state index contributed by atoms with van der Waals surface area (Å²) in [6.45, 7) is 2.96. The van der Waals surface area contributed by atoms with Crippen LogP contribution in [-0.4, -0.2) is 16.6 Å². The Hall–Kier alpha value is -3.49. The molecule has 9 heteroatoms. The molecule has 0 fully saturated rings. The smallest absolute Gasteiger partial charge is 0.453 e. The molecule has 4 rings (SSSR count). The Kier molecular flexibility index (Phi) is 7.05. The number of halogens is 4. The number of alkyl halides is 3. The Morgan fingerprint density at radius 1 is 1.00 bits per heavy atom. The van der Waals surface area contributed by atoms with Gasteiger partial charge in [-0.25, -0.2) is 0 Å². The molecule has 0 aliphatic heterocycles. The van der Waals surface area contributed by atoms with Crippen molar-refractivity contribution in [2.24, 2.45) is 0 Å². The fraction of sp³-hybridized carbons (Fsp3) is 0.192. The number of nitrogens with zero attached hydrogens (tertiary/aromatic N) is 1. The number of aromatic hydroxyl groups is 1. The number of ether oxygens (including phenoxy) is 1. The summed E-state index contributed by atoms with van der Waals surface area (Å²) in [6, 6.07) is 17.8. The molecule has 1 heterocycles. The molecule has 0 saturated carbocycles. The summed E-state index contributed by atoms with van der Waals surface area (Å²) >= 11 is 6.02. The van der Waals surface area contributed by atoms with Crippen LogP contribution < -0.4 is 10.2 Å². The Labute approximate surface area is 203 Å². The molecule has 0 unspecified atom stereocenters. The Bertz CT molecular complexity index is 1400. The lowest BCUT2D eigenvalue weighted by Crippen LogP contribution is -2.23. The lowest BCUT2D eigenvalue weighted by Gasteiger charge is -2.22. The SMILES string of the molecule is CCN(Cc1ccccc1)Cc1c(O)ccc2c(=O)c(Oc3ccccc3Cl)c(C(F)(F)F)oc12. The van der Waals surface area contributed by atoms with Crippen molar-refractivity contribution < 1.29 is 27.4 Å². The number of hydrogen-bond acceptors (Lipinski definition) is 5. The molecule has 1 N–H and O–H groups in total. The molecule has 0 atom stereocenters. The molecule has 0 radical (unpaired) electrons. The van der Waals surface area contributed by atoms with E-state index >= 15 is 0 Å². The van der Waals surface area contributed by atoms with Crippen LogP contribution in [0.5, 0.6) is 17.2 Å². The minimum absolute atomic E-state index is 0.0333. The van der Waals surface area contributed by atoms with Crippen LogP contribution >= 0.6 is 11.6 Å². The largest absolute Gasteiger partial charge is 0.507 e. The summed E-state index contributed by atoms with van der Waals surface area (Å²) in [5.41, 5.74) is -0.305. The highest BCUT2D eigenvalue weighted by atomic mass is 35.5. The average Bonchev–Trinajstić information content (AvgIpc) is 2.83. The van der Waals surface area contributed by atoms with E-state index in [1.807, 2.05) is 42.2 Å². The lowest BCUT2D eigenvalue weighted by atomic mass is 10.1. The molecular formula is C26H21ClF3NO4. The first-order valence-electron chi connectivity index (χ1n) is 10.8. The molecule has 3 aromatic carbocycles. The molecule has 0 saturated heterocycles. The van der Waals surface area contributed by atoms with E-state index in [-0.39, 0.29) is 39.6 Å². The zero-order valence-corrected chi connectivity index (χ0v) is 19.4. The predicted octanol–water partition coefficient (Wildman–Crippen LogP) is 6.99. The van der Waals surface area contributed by atoms with Gasteiger partial charge in [-0.1, -0.05) is 61.0 Å². The van der Waals surface area contributed by atoms with E-state index in [1.165, 1.54) is 30.3 Å². The zero-order valence-electron chi connectivity index (χ0n) is 18.6. The summed E-state index contributed by atoms with van der Waals surface area (Å²) in [4.78, 5) is 15.1. The van der Waals surface area contributed by atoms with Gasteiger partial charge in [0, 0.05) is 13.1 Å². The normalized spacial score (nSPS) is 11.8. The number of phenols is 1. The van der Waals surface area contributed by atoms with Crippen molar-refractivity contribution in [2.45, 2.75) is 26.2 Å². The van der Waals surface area contributed by atoms with Gasteiger partial charge >= 0.3 is 6.18 Å². The third kappa shape index (κ3) is 5.28. The third-order valence-corrected chi connectivity index (χ3v) is 5.79. The van der Waals surface area contributed by atoms with E-state index in [0.717, 1.165) is 5.56 Å². The van der Waals surface area contributed by atoms with Crippen molar-refractivity contribution in [3.05, 3.63) is 98.9 Å². The molecule has 0 aliphatic carbocycles. The Morgan fingerprint density at radius 2 is 1.69 bits per heavy atom. The van der Waals surface area contributed by atoms with Crippen molar-refractivity contribution in [3.63, 3.8) is 0 Å². The summed E-state index contributed by atoms with van der Waals surface area (Å²) in [7, 11) is 0. The van der Waals surface area contributed by atoms with Gasteiger partial charge in [-0.2, -0.15) is 13.2 Å². The Morgan fingerprint density at radius 3 is 2.34 bits per heavy atom. The second-order valence-electron chi connectivity index (χ2n) is 7.85. The van der Waals surface area contributed by atoms with Gasteiger partial charge in [0.15, 0.2) is 0 Å². The van der Waals surface area contributed by atoms with Crippen molar-refractivity contribution in [3.8, 4) is 17.2 Å². The average molecular weight is 504 g/mol. The number of rotatable bonds is 7. The molecule has 0 bridgehead atoms. The maximum absolute atomic E-state index is 14.0. The van der Waals surface area contributed by atoms with Gasteiger partial charge in [0.1, 0.15) is 17.1 Å². The third-order valence-electron chi connectivity index (χ3n) is 5.48.